The molecule has 0 unspecified atom stereocenters. The molecule has 0 bridgehead atoms. The lowest BCUT2D eigenvalue weighted by Crippen LogP contribution is -1.89. The third kappa shape index (κ3) is 1.42. The Morgan fingerprint density at radius 3 is 2.67 bits per heavy atom. The third-order valence-corrected chi connectivity index (χ3v) is 1.31. The zero-order valence-corrected chi connectivity index (χ0v) is 6.27. The van der Waals surface area contributed by atoms with E-state index in [1.807, 2.05) is 6.07 Å². The highest BCUT2D eigenvalue weighted by molar-refractivity contribution is 5.14. The summed E-state index contributed by atoms with van der Waals surface area (Å²) in [4.78, 5) is 10.7. The molecule has 2 rings (SSSR count). The standard InChI is InChI=1S/C8H7N3O/c1-3-7(9-4-1)12-8-10-5-2-6-11-8/h1-6,9H. The summed E-state index contributed by atoms with van der Waals surface area (Å²) in [6, 6.07) is 5.73. The van der Waals surface area contributed by atoms with E-state index in [0.717, 1.165) is 0 Å². The Balaban J connectivity index is 2.15. The van der Waals surface area contributed by atoms with Crippen LogP contribution >= 0.6 is 0 Å². The van der Waals surface area contributed by atoms with Crippen LogP contribution in [0.1, 0.15) is 0 Å². The predicted octanol–water partition coefficient (Wildman–Crippen LogP) is 1.60. The molecule has 2 heterocycles. The molecule has 0 aromatic carbocycles. The van der Waals surface area contributed by atoms with E-state index in [1.54, 1.807) is 30.7 Å². The fourth-order valence-corrected chi connectivity index (χ4v) is 0.814. The van der Waals surface area contributed by atoms with E-state index in [0.29, 0.717) is 11.9 Å². The van der Waals surface area contributed by atoms with Crippen molar-refractivity contribution in [1.82, 2.24) is 15.0 Å². The van der Waals surface area contributed by atoms with Crippen LogP contribution in [0.5, 0.6) is 11.9 Å². The van der Waals surface area contributed by atoms with Gasteiger partial charge in [0.2, 0.25) is 5.88 Å². The maximum Gasteiger partial charge on any atom is 0.323 e. The van der Waals surface area contributed by atoms with Gasteiger partial charge >= 0.3 is 6.01 Å². The van der Waals surface area contributed by atoms with Crippen LogP contribution in [0.3, 0.4) is 0 Å². The Morgan fingerprint density at radius 1 is 1.17 bits per heavy atom. The van der Waals surface area contributed by atoms with E-state index < -0.39 is 0 Å². The monoisotopic (exact) mass is 161 g/mol. The molecular formula is C8H7N3O. The van der Waals surface area contributed by atoms with Gasteiger partial charge in [-0.25, -0.2) is 9.97 Å². The fourth-order valence-electron chi connectivity index (χ4n) is 0.814. The maximum atomic E-state index is 5.24. The van der Waals surface area contributed by atoms with Gasteiger partial charge in [-0.2, -0.15) is 0 Å². The van der Waals surface area contributed by atoms with Crippen LogP contribution in [0.15, 0.2) is 36.8 Å². The first-order valence-corrected chi connectivity index (χ1v) is 3.53. The SMILES string of the molecule is c1cnc(Oc2ccc[nH]2)nc1. The Morgan fingerprint density at radius 2 is 2.00 bits per heavy atom. The van der Waals surface area contributed by atoms with E-state index in [4.69, 9.17) is 4.74 Å². The van der Waals surface area contributed by atoms with Crippen molar-refractivity contribution < 1.29 is 4.74 Å². The zero-order chi connectivity index (χ0) is 8.23. The molecule has 4 heteroatoms. The summed E-state index contributed by atoms with van der Waals surface area (Å²) in [6.45, 7) is 0. The summed E-state index contributed by atoms with van der Waals surface area (Å²) in [5, 5.41) is 0. The summed E-state index contributed by atoms with van der Waals surface area (Å²) in [5.41, 5.74) is 0. The van der Waals surface area contributed by atoms with E-state index in [1.165, 1.54) is 0 Å². The van der Waals surface area contributed by atoms with E-state index >= 15 is 0 Å². The number of aromatic amines is 1. The first kappa shape index (κ1) is 6.84. The van der Waals surface area contributed by atoms with Gasteiger partial charge in [-0.1, -0.05) is 0 Å². The van der Waals surface area contributed by atoms with Crippen molar-refractivity contribution in [3.63, 3.8) is 0 Å². The summed E-state index contributed by atoms with van der Waals surface area (Å²) in [6.07, 6.45) is 5.04. The second-order valence-electron chi connectivity index (χ2n) is 2.17. The molecule has 60 valence electrons. The lowest BCUT2D eigenvalue weighted by molar-refractivity contribution is 0.427. The Labute approximate surface area is 69.3 Å². The molecule has 0 fully saturated rings. The molecule has 0 aliphatic carbocycles. The van der Waals surface area contributed by atoms with Crippen LogP contribution in [-0.4, -0.2) is 15.0 Å². The summed E-state index contributed by atoms with van der Waals surface area (Å²) >= 11 is 0. The van der Waals surface area contributed by atoms with Gasteiger partial charge in [0, 0.05) is 24.7 Å². The highest BCUT2D eigenvalue weighted by atomic mass is 16.5. The molecule has 0 amide bonds. The second-order valence-corrected chi connectivity index (χ2v) is 2.17. The van der Waals surface area contributed by atoms with Crippen LogP contribution in [0.2, 0.25) is 0 Å². The molecule has 2 aromatic heterocycles. The smallest absolute Gasteiger partial charge is 0.323 e. The van der Waals surface area contributed by atoms with E-state index in [2.05, 4.69) is 15.0 Å². The summed E-state index contributed by atoms with van der Waals surface area (Å²) < 4.78 is 5.24. The van der Waals surface area contributed by atoms with E-state index in [-0.39, 0.29) is 0 Å². The summed E-state index contributed by atoms with van der Waals surface area (Å²) in [7, 11) is 0. The van der Waals surface area contributed by atoms with Crippen molar-refractivity contribution in [3.8, 4) is 11.9 Å². The third-order valence-electron chi connectivity index (χ3n) is 1.31. The molecule has 1 N–H and O–H groups in total. The van der Waals surface area contributed by atoms with Gasteiger partial charge in [0.25, 0.3) is 0 Å². The van der Waals surface area contributed by atoms with Crippen molar-refractivity contribution in [1.29, 1.82) is 0 Å². The van der Waals surface area contributed by atoms with Crippen molar-refractivity contribution in [2.24, 2.45) is 0 Å². The minimum absolute atomic E-state index is 0.347. The average Bonchev–Trinajstić information content (AvgIpc) is 2.59. The minimum atomic E-state index is 0.347. The number of nitrogens with zero attached hydrogens (tertiary/aromatic N) is 2. The molecule has 12 heavy (non-hydrogen) atoms. The van der Waals surface area contributed by atoms with Crippen molar-refractivity contribution in [3.05, 3.63) is 36.8 Å². The lowest BCUT2D eigenvalue weighted by Gasteiger charge is -1.97. The topological polar surface area (TPSA) is 50.8 Å². The highest BCUT2D eigenvalue weighted by Crippen LogP contribution is 2.12. The van der Waals surface area contributed by atoms with Crippen molar-refractivity contribution >= 4 is 0 Å². The minimum Gasteiger partial charge on any atom is -0.407 e. The molecule has 0 radical (unpaired) electrons. The molecule has 2 aromatic rings. The molecule has 0 aliphatic rings. The van der Waals surface area contributed by atoms with E-state index in [9.17, 15) is 0 Å². The quantitative estimate of drug-likeness (QED) is 0.727. The maximum absolute atomic E-state index is 5.24. The molecule has 0 spiro atoms. The average molecular weight is 161 g/mol. The van der Waals surface area contributed by atoms with Gasteiger partial charge in [-0.3, -0.25) is 0 Å². The Kier molecular flexibility index (Phi) is 1.74. The number of H-pyrrole nitrogens is 1. The predicted molar refractivity (Wildman–Crippen MR) is 42.9 cm³/mol. The van der Waals surface area contributed by atoms with Gasteiger partial charge in [-0.15, -0.1) is 0 Å². The lowest BCUT2D eigenvalue weighted by atomic mass is 10.6. The number of aromatic nitrogens is 3. The van der Waals surface area contributed by atoms with Crippen LogP contribution in [0.25, 0.3) is 0 Å². The molecular weight excluding hydrogens is 154 g/mol. The van der Waals surface area contributed by atoms with Gasteiger partial charge in [0.1, 0.15) is 0 Å². The van der Waals surface area contributed by atoms with Gasteiger partial charge in [0.15, 0.2) is 0 Å². The first-order chi connectivity index (χ1) is 5.95. The fraction of sp³-hybridized carbons (Fsp3) is 0. The van der Waals surface area contributed by atoms with Gasteiger partial charge in [-0.05, 0) is 12.1 Å². The molecule has 0 aliphatic heterocycles. The highest BCUT2D eigenvalue weighted by Gasteiger charge is 1.96. The number of nitrogens with one attached hydrogen (secondary N) is 1. The van der Waals surface area contributed by atoms with Crippen LogP contribution in [0.4, 0.5) is 0 Å². The van der Waals surface area contributed by atoms with Crippen LogP contribution < -0.4 is 4.74 Å². The first-order valence-electron chi connectivity index (χ1n) is 3.53. The number of ether oxygens (including phenoxy) is 1. The van der Waals surface area contributed by atoms with Crippen molar-refractivity contribution in [2.45, 2.75) is 0 Å². The van der Waals surface area contributed by atoms with Crippen LogP contribution in [0, 0.1) is 0 Å². The second kappa shape index (κ2) is 3.04. The zero-order valence-electron chi connectivity index (χ0n) is 6.27. The molecule has 0 atom stereocenters. The number of rotatable bonds is 2. The molecule has 0 saturated carbocycles. The molecule has 4 nitrogen and oxygen atoms in total. The van der Waals surface area contributed by atoms with Crippen LogP contribution in [-0.2, 0) is 0 Å². The van der Waals surface area contributed by atoms with Crippen molar-refractivity contribution in [2.75, 3.05) is 0 Å². The Bertz CT molecular complexity index is 330. The number of hydrogen-bond acceptors (Lipinski definition) is 3. The molecule has 0 saturated heterocycles. The van der Waals surface area contributed by atoms with Gasteiger partial charge in [0.05, 0.1) is 0 Å². The number of hydrogen-bond donors (Lipinski definition) is 1. The Hall–Kier alpha value is -1.84. The largest absolute Gasteiger partial charge is 0.407 e. The van der Waals surface area contributed by atoms with Gasteiger partial charge < -0.3 is 9.72 Å². The normalized spacial score (nSPS) is 9.67. The summed E-state index contributed by atoms with van der Waals surface area (Å²) in [5.74, 6) is 0.640.